The minimum absolute atomic E-state index is 0.178. The van der Waals surface area contributed by atoms with Crippen LogP contribution in [0.15, 0.2) is 0 Å². The highest BCUT2D eigenvalue weighted by molar-refractivity contribution is 5.00. The second-order valence-corrected chi connectivity index (χ2v) is 6.50. The largest absolute Gasteiger partial charge is 0.391 e. The summed E-state index contributed by atoms with van der Waals surface area (Å²) < 4.78 is 38.5. The van der Waals surface area contributed by atoms with Crippen molar-refractivity contribution in [3.05, 3.63) is 0 Å². The number of nitrogens with two attached hydrogens (primary N) is 1. The van der Waals surface area contributed by atoms with E-state index in [-0.39, 0.29) is 18.4 Å². The van der Waals surface area contributed by atoms with Gasteiger partial charge in [-0.15, -0.1) is 0 Å². The Labute approximate surface area is 119 Å². The van der Waals surface area contributed by atoms with Gasteiger partial charge in [0.25, 0.3) is 0 Å². The summed E-state index contributed by atoms with van der Waals surface area (Å²) in [6, 6.07) is 0.509. The topological polar surface area (TPSA) is 29.3 Å². The van der Waals surface area contributed by atoms with Crippen molar-refractivity contribution in [2.75, 3.05) is 13.1 Å². The molecule has 0 aromatic carbocycles. The molecule has 0 aromatic heterocycles. The molecule has 2 aliphatic rings. The summed E-state index contributed by atoms with van der Waals surface area (Å²) in [6.45, 7) is 3.68. The van der Waals surface area contributed by atoms with Crippen LogP contribution in [0.3, 0.4) is 0 Å². The monoisotopic (exact) mass is 292 g/mol. The van der Waals surface area contributed by atoms with E-state index >= 15 is 0 Å². The molecule has 1 aliphatic carbocycles. The maximum absolute atomic E-state index is 12.8. The summed E-state index contributed by atoms with van der Waals surface area (Å²) >= 11 is 0. The molecular weight excluding hydrogens is 265 g/mol. The van der Waals surface area contributed by atoms with Gasteiger partial charge >= 0.3 is 6.18 Å². The van der Waals surface area contributed by atoms with E-state index in [0.717, 1.165) is 19.4 Å². The van der Waals surface area contributed by atoms with Crippen LogP contribution < -0.4 is 5.73 Å². The van der Waals surface area contributed by atoms with Gasteiger partial charge in [0.2, 0.25) is 0 Å². The Morgan fingerprint density at radius 2 is 1.80 bits per heavy atom. The zero-order chi connectivity index (χ0) is 14.8. The number of likely N-dealkylation sites (tertiary alicyclic amines) is 1. The van der Waals surface area contributed by atoms with E-state index < -0.39 is 12.1 Å². The van der Waals surface area contributed by atoms with Crippen molar-refractivity contribution in [3.8, 4) is 0 Å². The van der Waals surface area contributed by atoms with Crippen LogP contribution in [0.5, 0.6) is 0 Å². The van der Waals surface area contributed by atoms with Gasteiger partial charge in [0.15, 0.2) is 0 Å². The van der Waals surface area contributed by atoms with Crippen LogP contribution in [0.1, 0.15) is 58.3 Å². The number of piperidine rings is 1. The van der Waals surface area contributed by atoms with Crippen LogP contribution in [-0.2, 0) is 0 Å². The standard InChI is InChI=1S/C15H27F3N2/c1-2-13-5-3-4-10-20(13)14(11-19)8-6-12(7-9-14)15(16,17)18/h12-13H,2-11,19H2,1H3. The van der Waals surface area contributed by atoms with E-state index in [2.05, 4.69) is 11.8 Å². The Morgan fingerprint density at radius 1 is 1.15 bits per heavy atom. The molecule has 1 saturated carbocycles. The molecule has 0 amide bonds. The summed E-state index contributed by atoms with van der Waals surface area (Å²) in [6.07, 6.45) is 2.29. The van der Waals surface area contributed by atoms with Gasteiger partial charge in [-0.25, -0.2) is 0 Å². The van der Waals surface area contributed by atoms with Crippen molar-refractivity contribution in [1.82, 2.24) is 4.90 Å². The summed E-state index contributed by atoms with van der Waals surface area (Å²) in [7, 11) is 0. The van der Waals surface area contributed by atoms with Gasteiger partial charge in [-0.2, -0.15) is 13.2 Å². The third-order valence-corrected chi connectivity index (χ3v) is 5.47. The van der Waals surface area contributed by atoms with E-state index in [9.17, 15) is 13.2 Å². The highest BCUT2D eigenvalue weighted by Gasteiger charge is 2.48. The van der Waals surface area contributed by atoms with Gasteiger partial charge in [-0.1, -0.05) is 13.3 Å². The summed E-state index contributed by atoms with van der Waals surface area (Å²) in [5.41, 5.74) is 5.84. The fourth-order valence-corrected chi connectivity index (χ4v) is 4.14. The lowest BCUT2D eigenvalue weighted by Crippen LogP contribution is -2.61. The zero-order valence-corrected chi connectivity index (χ0v) is 12.4. The zero-order valence-electron chi connectivity index (χ0n) is 12.4. The highest BCUT2D eigenvalue weighted by Crippen LogP contribution is 2.44. The second-order valence-electron chi connectivity index (χ2n) is 6.50. The number of hydrogen-bond acceptors (Lipinski definition) is 2. The minimum Gasteiger partial charge on any atom is -0.329 e. The number of hydrogen-bond donors (Lipinski definition) is 1. The Kier molecular flexibility index (Phi) is 5.00. The maximum Gasteiger partial charge on any atom is 0.391 e. The molecule has 2 N–H and O–H groups in total. The van der Waals surface area contributed by atoms with Crippen molar-refractivity contribution in [3.63, 3.8) is 0 Å². The van der Waals surface area contributed by atoms with Crippen molar-refractivity contribution < 1.29 is 13.2 Å². The number of halogens is 3. The Morgan fingerprint density at radius 3 is 2.30 bits per heavy atom. The molecule has 5 heteroatoms. The molecule has 1 atom stereocenters. The molecular formula is C15H27F3N2. The van der Waals surface area contributed by atoms with Crippen LogP contribution in [0.4, 0.5) is 13.2 Å². The molecule has 0 radical (unpaired) electrons. The van der Waals surface area contributed by atoms with Crippen LogP contribution >= 0.6 is 0 Å². The van der Waals surface area contributed by atoms with E-state index in [4.69, 9.17) is 5.73 Å². The molecule has 2 fully saturated rings. The van der Waals surface area contributed by atoms with Gasteiger partial charge in [0.05, 0.1) is 5.92 Å². The second kappa shape index (κ2) is 6.22. The number of rotatable bonds is 3. The van der Waals surface area contributed by atoms with Crippen molar-refractivity contribution in [1.29, 1.82) is 0 Å². The predicted molar refractivity (Wildman–Crippen MR) is 74.4 cm³/mol. The van der Waals surface area contributed by atoms with Gasteiger partial charge in [0.1, 0.15) is 0 Å². The predicted octanol–water partition coefficient (Wildman–Crippen LogP) is 3.70. The van der Waals surface area contributed by atoms with E-state index in [1.54, 1.807) is 0 Å². The first-order valence-electron chi connectivity index (χ1n) is 7.96. The normalized spacial score (nSPS) is 37.0. The van der Waals surface area contributed by atoms with Gasteiger partial charge in [-0.05, 0) is 51.5 Å². The molecule has 1 saturated heterocycles. The van der Waals surface area contributed by atoms with Crippen LogP contribution in [0.25, 0.3) is 0 Å². The molecule has 1 heterocycles. The van der Waals surface area contributed by atoms with E-state index in [0.29, 0.717) is 25.4 Å². The molecule has 2 nitrogen and oxygen atoms in total. The lowest BCUT2D eigenvalue weighted by atomic mass is 9.73. The number of nitrogens with zero attached hydrogens (tertiary/aromatic N) is 1. The molecule has 0 spiro atoms. The lowest BCUT2D eigenvalue weighted by Gasteiger charge is -2.52. The van der Waals surface area contributed by atoms with E-state index in [1.807, 2.05) is 0 Å². The molecule has 20 heavy (non-hydrogen) atoms. The third-order valence-electron chi connectivity index (χ3n) is 5.47. The average Bonchev–Trinajstić information content (AvgIpc) is 2.46. The summed E-state index contributed by atoms with van der Waals surface area (Å²) in [5.74, 6) is -1.12. The Balaban J connectivity index is 2.07. The maximum atomic E-state index is 12.8. The molecule has 118 valence electrons. The molecule has 1 aliphatic heterocycles. The van der Waals surface area contributed by atoms with Crippen LogP contribution in [0.2, 0.25) is 0 Å². The van der Waals surface area contributed by atoms with Crippen molar-refractivity contribution in [2.45, 2.75) is 76.0 Å². The van der Waals surface area contributed by atoms with Crippen LogP contribution in [-0.4, -0.2) is 35.7 Å². The van der Waals surface area contributed by atoms with Gasteiger partial charge in [-0.3, -0.25) is 4.90 Å². The van der Waals surface area contributed by atoms with E-state index in [1.165, 1.54) is 12.8 Å². The smallest absolute Gasteiger partial charge is 0.329 e. The summed E-state index contributed by atoms with van der Waals surface area (Å²) in [5, 5.41) is 0. The van der Waals surface area contributed by atoms with Gasteiger partial charge < -0.3 is 5.73 Å². The first kappa shape index (κ1) is 16.1. The minimum atomic E-state index is -4.03. The van der Waals surface area contributed by atoms with Crippen molar-refractivity contribution in [2.24, 2.45) is 11.7 Å². The average molecular weight is 292 g/mol. The fraction of sp³-hybridized carbons (Fsp3) is 1.00. The quantitative estimate of drug-likeness (QED) is 0.859. The first-order chi connectivity index (χ1) is 9.43. The first-order valence-corrected chi connectivity index (χ1v) is 7.96. The Bertz CT molecular complexity index is 309. The fourth-order valence-electron chi connectivity index (χ4n) is 4.14. The third kappa shape index (κ3) is 3.14. The van der Waals surface area contributed by atoms with Crippen LogP contribution in [0, 0.1) is 5.92 Å². The summed E-state index contributed by atoms with van der Waals surface area (Å²) in [4.78, 5) is 2.46. The molecule has 1 unspecified atom stereocenters. The molecule has 0 bridgehead atoms. The SMILES string of the molecule is CCC1CCCCN1C1(CN)CCC(C(F)(F)F)CC1. The molecule has 0 aromatic rings. The number of alkyl halides is 3. The molecule has 2 rings (SSSR count). The van der Waals surface area contributed by atoms with Crippen molar-refractivity contribution >= 4 is 0 Å². The highest BCUT2D eigenvalue weighted by atomic mass is 19.4. The van der Waals surface area contributed by atoms with Gasteiger partial charge in [0, 0.05) is 18.1 Å². The lowest BCUT2D eigenvalue weighted by molar-refractivity contribution is -0.189. The Hall–Kier alpha value is -0.290.